The third-order valence-electron chi connectivity index (χ3n) is 2.28. The number of esters is 1. The highest BCUT2D eigenvalue weighted by Crippen LogP contribution is 2.20. The fraction of sp³-hybridized carbons (Fsp3) is 0.462. The molecule has 1 unspecified atom stereocenters. The standard InChI is InChI=1S/C13H17FO3/c1-4-11(13(15)16-5-2)17-12-8-9(3)6-7-10(12)14/h6-8,11H,4-5H2,1-3H3. The maximum Gasteiger partial charge on any atom is 0.347 e. The highest BCUT2D eigenvalue weighted by Gasteiger charge is 2.20. The first-order valence-corrected chi connectivity index (χ1v) is 5.67. The first-order valence-electron chi connectivity index (χ1n) is 5.67. The van der Waals surface area contributed by atoms with Crippen molar-refractivity contribution in [2.24, 2.45) is 0 Å². The van der Waals surface area contributed by atoms with Crippen molar-refractivity contribution in [1.82, 2.24) is 0 Å². The Morgan fingerprint density at radius 3 is 2.71 bits per heavy atom. The highest BCUT2D eigenvalue weighted by molar-refractivity contribution is 5.75. The van der Waals surface area contributed by atoms with Gasteiger partial charge >= 0.3 is 5.97 Å². The summed E-state index contributed by atoms with van der Waals surface area (Å²) in [5.74, 6) is -0.848. The second kappa shape index (κ2) is 6.23. The summed E-state index contributed by atoms with van der Waals surface area (Å²) in [7, 11) is 0. The summed E-state index contributed by atoms with van der Waals surface area (Å²) in [6.07, 6.45) is -0.321. The molecule has 0 fully saturated rings. The average molecular weight is 240 g/mol. The molecular formula is C13H17FO3. The van der Waals surface area contributed by atoms with Crippen LogP contribution in [0.1, 0.15) is 25.8 Å². The predicted octanol–water partition coefficient (Wildman–Crippen LogP) is 2.85. The largest absolute Gasteiger partial charge is 0.476 e. The second-order valence-corrected chi connectivity index (χ2v) is 3.70. The molecule has 0 amide bonds. The number of rotatable bonds is 5. The van der Waals surface area contributed by atoms with E-state index in [-0.39, 0.29) is 12.4 Å². The molecule has 0 radical (unpaired) electrons. The van der Waals surface area contributed by atoms with E-state index in [4.69, 9.17) is 9.47 Å². The normalized spacial score (nSPS) is 12.0. The lowest BCUT2D eigenvalue weighted by Gasteiger charge is -2.16. The summed E-state index contributed by atoms with van der Waals surface area (Å²) in [5, 5.41) is 0. The molecule has 0 saturated heterocycles. The van der Waals surface area contributed by atoms with Gasteiger partial charge in [0.15, 0.2) is 17.7 Å². The van der Waals surface area contributed by atoms with Crippen LogP contribution in [0.2, 0.25) is 0 Å². The van der Waals surface area contributed by atoms with Crippen molar-refractivity contribution in [3.05, 3.63) is 29.6 Å². The van der Waals surface area contributed by atoms with Crippen LogP contribution in [0, 0.1) is 12.7 Å². The van der Waals surface area contributed by atoms with E-state index in [1.165, 1.54) is 6.07 Å². The highest BCUT2D eigenvalue weighted by atomic mass is 19.1. The van der Waals surface area contributed by atoms with Gasteiger partial charge in [-0.15, -0.1) is 0 Å². The van der Waals surface area contributed by atoms with Crippen molar-refractivity contribution < 1.29 is 18.7 Å². The van der Waals surface area contributed by atoms with Crippen molar-refractivity contribution in [1.29, 1.82) is 0 Å². The molecule has 4 heteroatoms. The summed E-state index contributed by atoms with van der Waals surface area (Å²) in [6.45, 7) is 5.62. The molecular weight excluding hydrogens is 223 g/mol. The minimum absolute atomic E-state index is 0.0879. The molecule has 0 aliphatic rings. The van der Waals surface area contributed by atoms with Crippen LogP contribution < -0.4 is 4.74 Å². The van der Waals surface area contributed by atoms with Crippen molar-refractivity contribution in [3.8, 4) is 5.75 Å². The lowest BCUT2D eigenvalue weighted by Crippen LogP contribution is -2.29. The number of hydrogen-bond donors (Lipinski definition) is 0. The van der Waals surface area contributed by atoms with E-state index in [0.29, 0.717) is 6.42 Å². The number of hydrogen-bond acceptors (Lipinski definition) is 3. The van der Waals surface area contributed by atoms with E-state index in [2.05, 4.69) is 0 Å². The molecule has 1 atom stereocenters. The van der Waals surface area contributed by atoms with Gasteiger partial charge in [-0.05, 0) is 38.0 Å². The molecule has 0 spiro atoms. The van der Waals surface area contributed by atoms with Crippen molar-refractivity contribution in [3.63, 3.8) is 0 Å². The molecule has 94 valence electrons. The maximum absolute atomic E-state index is 13.4. The quantitative estimate of drug-likeness (QED) is 0.742. The molecule has 0 bridgehead atoms. The minimum Gasteiger partial charge on any atom is -0.476 e. The fourth-order valence-electron chi connectivity index (χ4n) is 1.39. The molecule has 1 rings (SSSR count). The molecule has 0 aliphatic carbocycles. The van der Waals surface area contributed by atoms with E-state index >= 15 is 0 Å². The van der Waals surface area contributed by atoms with Crippen molar-refractivity contribution in [2.45, 2.75) is 33.3 Å². The molecule has 0 N–H and O–H groups in total. The van der Waals surface area contributed by atoms with Crippen LogP contribution in [0.25, 0.3) is 0 Å². The van der Waals surface area contributed by atoms with Crippen LogP contribution in [0.3, 0.4) is 0 Å². The van der Waals surface area contributed by atoms with Crippen LogP contribution in [0.4, 0.5) is 4.39 Å². The zero-order valence-corrected chi connectivity index (χ0v) is 10.3. The summed E-state index contributed by atoms with van der Waals surface area (Å²) < 4.78 is 23.6. The molecule has 0 heterocycles. The third kappa shape index (κ3) is 3.73. The fourth-order valence-corrected chi connectivity index (χ4v) is 1.39. The van der Waals surface area contributed by atoms with E-state index in [1.54, 1.807) is 26.0 Å². The molecule has 1 aromatic rings. The Morgan fingerprint density at radius 1 is 1.41 bits per heavy atom. The van der Waals surface area contributed by atoms with E-state index in [9.17, 15) is 9.18 Å². The zero-order valence-electron chi connectivity index (χ0n) is 10.3. The summed E-state index contributed by atoms with van der Waals surface area (Å²) in [6, 6.07) is 4.53. The van der Waals surface area contributed by atoms with Crippen LogP contribution in [-0.4, -0.2) is 18.7 Å². The van der Waals surface area contributed by atoms with Gasteiger partial charge in [0.25, 0.3) is 0 Å². The molecule has 0 aromatic heterocycles. The SMILES string of the molecule is CCOC(=O)C(CC)Oc1cc(C)ccc1F. The van der Waals surface area contributed by atoms with Crippen LogP contribution >= 0.6 is 0 Å². The summed E-state index contributed by atoms with van der Waals surface area (Å²) in [5.41, 5.74) is 0.875. The van der Waals surface area contributed by atoms with Gasteiger partial charge in [0.1, 0.15) is 0 Å². The van der Waals surface area contributed by atoms with Crippen LogP contribution in [0.15, 0.2) is 18.2 Å². The number of halogens is 1. The number of aryl methyl sites for hydroxylation is 1. The van der Waals surface area contributed by atoms with E-state index in [1.807, 2.05) is 6.92 Å². The number of benzene rings is 1. The van der Waals surface area contributed by atoms with Gasteiger partial charge in [0.2, 0.25) is 0 Å². The lowest BCUT2D eigenvalue weighted by atomic mass is 10.2. The van der Waals surface area contributed by atoms with Gasteiger partial charge in [-0.2, -0.15) is 0 Å². The molecule has 0 aliphatic heterocycles. The molecule has 17 heavy (non-hydrogen) atoms. The Labute approximate surface area is 101 Å². The number of ether oxygens (including phenoxy) is 2. The Balaban J connectivity index is 2.80. The van der Waals surface area contributed by atoms with Crippen molar-refractivity contribution in [2.75, 3.05) is 6.61 Å². The Kier molecular flexibility index (Phi) is 4.94. The zero-order chi connectivity index (χ0) is 12.8. The Bertz CT molecular complexity index is 390. The third-order valence-corrected chi connectivity index (χ3v) is 2.28. The van der Waals surface area contributed by atoms with Gasteiger partial charge < -0.3 is 9.47 Å². The Morgan fingerprint density at radius 2 is 2.12 bits per heavy atom. The molecule has 1 aromatic carbocycles. The minimum atomic E-state index is -0.758. The van der Waals surface area contributed by atoms with Gasteiger partial charge in [0.05, 0.1) is 6.61 Å². The van der Waals surface area contributed by atoms with Crippen molar-refractivity contribution >= 4 is 5.97 Å². The Hall–Kier alpha value is -1.58. The lowest BCUT2D eigenvalue weighted by molar-refractivity contribution is -0.151. The smallest absolute Gasteiger partial charge is 0.347 e. The number of carbonyl (C=O) groups excluding carboxylic acids is 1. The first-order chi connectivity index (χ1) is 8.08. The number of carbonyl (C=O) groups is 1. The maximum atomic E-state index is 13.4. The summed E-state index contributed by atoms with van der Waals surface area (Å²) >= 11 is 0. The van der Waals surface area contributed by atoms with E-state index in [0.717, 1.165) is 5.56 Å². The average Bonchev–Trinajstić information content (AvgIpc) is 2.30. The predicted molar refractivity (Wildman–Crippen MR) is 62.5 cm³/mol. The van der Waals surface area contributed by atoms with E-state index < -0.39 is 17.9 Å². The molecule has 3 nitrogen and oxygen atoms in total. The van der Waals surface area contributed by atoms with Gasteiger partial charge in [-0.25, -0.2) is 9.18 Å². The van der Waals surface area contributed by atoms with Gasteiger partial charge in [-0.1, -0.05) is 13.0 Å². The van der Waals surface area contributed by atoms with Crippen LogP contribution in [0.5, 0.6) is 5.75 Å². The van der Waals surface area contributed by atoms with Crippen LogP contribution in [-0.2, 0) is 9.53 Å². The monoisotopic (exact) mass is 240 g/mol. The topological polar surface area (TPSA) is 35.5 Å². The molecule has 0 saturated carbocycles. The summed E-state index contributed by atoms with van der Waals surface area (Å²) in [4.78, 5) is 11.5. The van der Waals surface area contributed by atoms with Gasteiger partial charge in [-0.3, -0.25) is 0 Å². The van der Waals surface area contributed by atoms with Gasteiger partial charge in [0, 0.05) is 0 Å². The second-order valence-electron chi connectivity index (χ2n) is 3.70. The first kappa shape index (κ1) is 13.5.